The maximum Gasteiger partial charge on any atom is 0.270 e. The van der Waals surface area contributed by atoms with Crippen molar-refractivity contribution in [3.63, 3.8) is 0 Å². The number of nitrogens with zero attached hydrogens (tertiary/aromatic N) is 2. The Kier molecular flexibility index (Phi) is 4.93. The maximum atomic E-state index is 11.7. The van der Waals surface area contributed by atoms with Crippen LogP contribution in [0.25, 0.3) is 0 Å². The van der Waals surface area contributed by atoms with Crippen LogP contribution < -0.4 is 10.0 Å². The van der Waals surface area contributed by atoms with Gasteiger partial charge in [-0.05, 0) is 0 Å². The van der Waals surface area contributed by atoms with Gasteiger partial charge in [0, 0.05) is 12.5 Å². The third-order valence-electron chi connectivity index (χ3n) is 1.81. The Bertz CT molecular complexity index is 536. The fourth-order valence-corrected chi connectivity index (χ4v) is 2.79. The molecule has 0 bridgehead atoms. The van der Waals surface area contributed by atoms with E-state index in [-0.39, 0.29) is 27.8 Å². The molecule has 0 aliphatic heterocycles. The highest BCUT2D eigenvalue weighted by atomic mass is 32.2. The van der Waals surface area contributed by atoms with Crippen molar-refractivity contribution < 1.29 is 13.2 Å². The summed E-state index contributed by atoms with van der Waals surface area (Å²) in [6, 6.07) is 0. The SMILES string of the molecule is C=CCNS(=O)(=O)c1nnc(NC(=O)C(C)C)s1. The molecule has 1 heterocycles. The molecule has 1 aromatic heterocycles. The van der Waals surface area contributed by atoms with Gasteiger partial charge in [0.2, 0.25) is 15.4 Å². The Balaban J connectivity index is 2.80. The highest BCUT2D eigenvalue weighted by molar-refractivity contribution is 7.91. The molecule has 18 heavy (non-hydrogen) atoms. The molecule has 1 amide bonds. The number of aromatic nitrogens is 2. The summed E-state index contributed by atoms with van der Waals surface area (Å²) in [5, 5.41) is 9.77. The van der Waals surface area contributed by atoms with E-state index in [1.165, 1.54) is 6.08 Å². The lowest BCUT2D eigenvalue weighted by molar-refractivity contribution is -0.118. The fraction of sp³-hybridized carbons (Fsp3) is 0.444. The van der Waals surface area contributed by atoms with E-state index < -0.39 is 10.0 Å². The van der Waals surface area contributed by atoms with Crippen molar-refractivity contribution in [2.75, 3.05) is 11.9 Å². The lowest BCUT2D eigenvalue weighted by Crippen LogP contribution is -2.23. The van der Waals surface area contributed by atoms with Crippen molar-refractivity contribution in [3.05, 3.63) is 12.7 Å². The van der Waals surface area contributed by atoms with Crippen LogP contribution in [0.1, 0.15) is 13.8 Å². The number of carbonyl (C=O) groups is 1. The van der Waals surface area contributed by atoms with Gasteiger partial charge in [0.05, 0.1) is 0 Å². The molecule has 0 aromatic carbocycles. The summed E-state index contributed by atoms with van der Waals surface area (Å²) in [6.45, 7) is 6.96. The summed E-state index contributed by atoms with van der Waals surface area (Å²) in [6.07, 6.45) is 1.42. The Morgan fingerprint density at radius 2 is 2.17 bits per heavy atom. The number of hydrogen-bond donors (Lipinski definition) is 2. The van der Waals surface area contributed by atoms with Gasteiger partial charge in [-0.25, -0.2) is 13.1 Å². The van der Waals surface area contributed by atoms with Crippen molar-refractivity contribution in [2.24, 2.45) is 5.92 Å². The van der Waals surface area contributed by atoms with Crippen molar-refractivity contribution in [3.8, 4) is 0 Å². The normalized spacial score (nSPS) is 11.5. The van der Waals surface area contributed by atoms with Crippen LogP contribution >= 0.6 is 11.3 Å². The third kappa shape index (κ3) is 3.86. The van der Waals surface area contributed by atoms with Crippen LogP contribution in [0, 0.1) is 5.92 Å². The van der Waals surface area contributed by atoms with Gasteiger partial charge in [0.1, 0.15) is 0 Å². The first-order valence-electron chi connectivity index (χ1n) is 5.11. The van der Waals surface area contributed by atoms with Crippen molar-refractivity contribution >= 4 is 32.4 Å². The van der Waals surface area contributed by atoms with Crippen LogP contribution in [0.5, 0.6) is 0 Å². The van der Waals surface area contributed by atoms with Gasteiger partial charge in [-0.1, -0.05) is 31.3 Å². The van der Waals surface area contributed by atoms with Gasteiger partial charge in [0.15, 0.2) is 0 Å². The molecule has 0 saturated carbocycles. The molecule has 100 valence electrons. The standard InChI is InChI=1S/C9H14N4O3S2/c1-4-5-10-18(15,16)9-13-12-8(17-9)11-7(14)6(2)3/h4,6,10H,1,5H2,2-3H3,(H,11,12,14). The Morgan fingerprint density at radius 3 is 2.72 bits per heavy atom. The average Bonchev–Trinajstić information content (AvgIpc) is 2.75. The van der Waals surface area contributed by atoms with Gasteiger partial charge < -0.3 is 5.32 Å². The van der Waals surface area contributed by atoms with E-state index in [9.17, 15) is 13.2 Å². The number of amides is 1. The number of anilines is 1. The summed E-state index contributed by atoms with van der Waals surface area (Å²) in [5.41, 5.74) is 0. The van der Waals surface area contributed by atoms with Crippen LogP contribution in [0.4, 0.5) is 5.13 Å². The molecule has 1 aromatic rings. The van der Waals surface area contributed by atoms with E-state index in [0.717, 1.165) is 11.3 Å². The van der Waals surface area contributed by atoms with E-state index in [4.69, 9.17) is 0 Å². The fourth-order valence-electron chi connectivity index (χ4n) is 0.849. The lowest BCUT2D eigenvalue weighted by Gasteiger charge is -2.02. The van der Waals surface area contributed by atoms with E-state index in [1.54, 1.807) is 13.8 Å². The number of sulfonamides is 1. The summed E-state index contributed by atoms with van der Waals surface area (Å²) in [5.74, 6) is -0.456. The molecule has 1 rings (SSSR count). The monoisotopic (exact) mass is 290 g/mol. The van der Waals surface area contributed by atoms with Gasteiger partial charge in [-0.3, -0.25) is 4.79 Å². The van der Waals surface area contributed by atoms with E-state index >= 15 is 0 Å². The highest BCUT2D eigenvalue weighted by Crippen LogP contribution is 2.20. The predicted octanol–water partition coefficient (Wildman–Crippen LogP) is 0.597. The first-order valence-corrected chi connectivity index (χ1v) is 7.41. The summed E-state index contributed by atoms with van der Waals surface area (Å²) in [4.78, 5) is 11.4. The van der Waals surface area contributed by atoms with Crippen LogP contribution in [0.3, 0.4) is 0 Å². The van der Waals surface area contributed by atoms with Crippen LogP contribution in [-0.4, -0.2) is 31.1 Å². The molecule has 0 spiro atoms. The molecule has 2 N–H and O–H groups in total. The second-order valence-corrected chi connectivity index (χ2v) is 6.58. The molecule has 0 aliphatic rings. The van der Waals surface area contributed by atoms with Gasteiger partial charge in [-0.2, -0.15) is 0 Å². The smallest absolute Gasteiger partial charge is 0.270 e. The Hall–Kier alpha value is -1.32. The summed E-state index contributed by atoms with van der Waals surface area (Å²) in [7, 11) is -3.69. The minimum absolute atomic E-state index is 0.107. The molecular weight excluding hydrogens is 276 g/mol. The third-order valence-corrected chi connectivity index (χ3v) is 4.44. The quantitative estimate of drug-likeness (QED) is 0.590. The van der Waals surface area contributed by atoms with Crippen molar-refractivity contribution in [1.29, 1.82) is 0 Å². The van der Waals surface area contributed by atoms with Crippen LogP contribution in [-0.2, 0) is 14.8 Å². The molecule has 0 atom stereocenters. The molecule has 0 saturated heterocycles. The van der Waals surface area contributed by atoms with Crippen LogP contribution in [0.2, 0.25) is 0 Å². The zero-order valence-electron chi connectivity index (χ0n) is 10.0. The van der Waals surface area contributed by atoms with Gasteiger partial charge in [-0.15, -0.1) is 16.8 Å². The first-order chi connectivity index (χ1) is 8.36. The van der Waals surface area contributed by atoms with E-state index in [1.807, 2.05) is 0 Å². The van der Waals surface area contributed by atoms with Crippen LogP contribution in [0.15, 0.2) is 17.0 Å². The summed E-state index contributed by atoms with van der Waals surface area (Å²) < 4.78 is 25.4. The zero-order valence-corrected chi connectivity index (χ0v) is 11.6. The van der Waals surface area contributed by atoms with Crippen molar-refractivity contribution in [1.82, 2.24) is 14.9 Å². The maximum absolute atomic E-state index is 11.7. The molecule has 0 fully saturated rings. The number of carbonyl (C=O) groups excluding carboxylic acids is 1. The summed E-state index contributed by atoms with van der Waals surface area (Å²) >= 11 is 0.797. The molecule has 0 radical (unpaired) electrons. The minimum Gasteiger partial charge on any atom is -0.300 e. The Labute approximate surface area is 109 Å². The zero-order chi connectivity index (χ0) is 13.8. The van der Waals surface area contributed by atoms with Gasteiger partial charge in [0.25, 0.3) is 10.0 Å². The first kappa shape index (κ1) is 14.7. The predicted molar refractivity (Wildman–Crippen MR) is 68.8 cm³/mol. The van der Waals surface area contributed by atoms with Crippen molar-refractivity contribution in [2.45, 2.75) is 18.2 Å². The van der Waals surface area contributed by atoms with Gasteiger partial charge >= 0.3 is 0 Å². The molecule has 9 heteroatoms. The average molecular weight is 290 g/mol. The number of rotatable bonds is 6. The van der Waals surface area contributed by atoms with E-state index in [2.05, 4.69) is 26.8 Å². The second-order valence-electron chi connectivity index (χ2n) is 3.66. The minimum atomic E-state index is -3.69. The lowest BCUT2D eigenvalue weighted by atomic mass is 10.2. The molecular formula is C9H14N4O3S2. The topological polar surface area (TPSA) is 101 Å². The largest absolute Gasteiger partial charge is 0.300 e. The molecule has 0 aliphatic carbocycles. The molecule has 7 nitrogen and oxygen atoms in total. The second kappa shape index (κ2) is 6.03. The Morgan fingerprint density at radius 1 is 1.50 bits per heavy atom. The highest BCUT2D eigenvalue weighted by Gasteiger charge is 2.20. The molecule has 0 unspecified atom stereocenters. The number of hydrogen-bond acceptors (Lipinski definition) is 6. The van der Waals surface area contributed by atoms with E-state index in [0.29, 0.717) is 0 Å². The number of nitrogens with one attached hydrogen (secondary N) is 2.